The van der Waals surface area contributed by atoms with Gasteiger partial charge in [-0.15, -0.1) is 0 Å². The molecule has 0 bridgehead atoms. The summed E-state index contributed by atoms with van der Waals surface area (Å²) >= 11 is 0. The fourth-order valence-electron chi connectivity index (χ4n) is 2.86. The molecule has 1 fully saturated rings. The summed E-state index contributed by atoms with van der Waals surface area (Å²) in [5.74, 6) is 0.738. The molecular weight excluding hydrogens is 290 g/mol. The van der Waals surface area contributed by atoms with E-state index in [1.165, 1.54) is 0 Å². The summed E-state index contributed by atoms with van der Waals surface area (Å²) in [5.41, 5.74) is 7.93. The summed E-state index contributed by atoms with van der Waals surface area (Å²) in [7, 11) is 0. The van der Waals surface area contributed by atoms with E-state index in [0.717, 1.165) is 43.6 Å². The number of para-hydroxylation sites is 1. The lowest BCUT2D eigenvalue weighted by atomic mass is 10.2. The number of carbonyl (C=O) groups excluding carboxylic acids is 1. The maximum atomic E-state index is 11.9. The summed E-state index contributed by atoms with van der Waals surface area (Å²) in [6.45, 7) is 1.60. The van der Waals surface area contributed by atoms with Crippen LogP contribution in [-0.2, 0) is 11.2 Å². The minimum atomic E-state index is -0.0112. The van der Waals surface area contributed by atoms with Crippen LogP contribution in [0.3, 0.4) is 0 Å². The number of hydrogen-bond acceptors (Lipinski definition) is 4. The van der Waals surface area contributed by atoms with Crippen LogP contribution in [0.15, 0.2) is 36.4 Å². The van der Waals surface area contributed by atoms with Crippen molar-refractivity contribution in [3.05, 3.63) is 42.1 Å². The van der Waals surface area contributed by atoms with Gasteiger partial charge in [-0.05, 0) is 44.4 Å². The first-order valence-electron chi connectivity index (χ1n) is 8.15. The highest BCUT2D eigenvalue weighted by Crippen LogP contribution is 2.15. The lowest BCUT2D eigenvalue weighted by molar-refractivity contribution is -0.122. The van der Waals surface area contributed by atoms with Gasteiger partial charge in [-0.25, -0.2) is 4.68 Å². The van der Waals surface area contributed by atoms with Crippen LogP contribution in [0, 0.1) is 0 Å². The van der Waals surface area contributed by atoms with Gasteiger partial charge in [0.15, 0.2) is 0 Å². The molecule has 1 amide bonds. The highest BCUT2D eigenvalue weighted by Gasteiger charge is 2.21. The molecule has 122 valence electrons. The van der Waals surface area contributed by atoms with Crippen molar-refractivity contribution >= 4 is 11.7 Å². The summed E-state index contributed by atoms with van der Waals surface area (Å²) in [6, 6.07) is 11.7. The van der Waals surface area contributed by atoms with Gasteiger partial charge in [-0.1, -0.05) is 18.2 Å². The van der Waals surface area contributed by atoms with Crippen molar-refractivity contribution in [2.75, 3.05) is 18.8 Å². The Morgan fingerprint density at radius 3 is 2.96 bits per heavy atom. The molecule has 6 nitrogen and oxygen atoms in total. The monoisotopic (exact) mass is 313 g/mol. The predicted octanol–water partition coefficient (Wildman–Crippen LogP) is 1.26. The van der Waals surface area contributed by atoms with Crippen molar-refractivity contribution in [2.24, 2.45) is 0 Å². The number of nitrogen functional groups attached to an aromatic ring is 1. The zero-order valence-corrected chi connectivity index (χ0v) is 13.2. The Morgan fingerprint density at radius 1 is 1.39 bits per heavy atom. The van der Waals surface area contributed by atoms with Crippen LogP contribution in [-0.4, -0.2) is 34.8 Å². The Kier molecular flexibility index (Phi) is 4.92. The fraction of sp³-hybridized carbons (Fsp3) is 0.412. The largest absolute Gasteiger partial charge is 0.384 e. The lowest BCUT2D eigenvalue weighted by Gasteiger charge is -2.10. The van der Waals surface area contributed by atoms with Crippen LogP contribution < -0.4 is 16.4 Å². The van der Waals surface area contributed by atoms with Gasteiger partial charge in [-0.3, -0.25) is 4.79 Å². The Labute approximate surface area is 136 Å². The van der Waals surface area contributed by atoms with Gasteiger partial charge in [-0.2, -0.15) is 5.10 Å². The van der Waals surface area contributed by atoms with Crippen molar-refractivity contribution in [1.82, 2.24) is 20.4 Å². The topological polar surface area (TPSA) is 85.0 Å². The van der Waals surface area contributed by atoms with Crippen LogP contribution in [0.2, 0.25) is 0 Å². The first-order valence-corrected chi connectivity index (χ1v) is 8.15. The van der Waals surface area contributed by atoms with Gasteiger partial charge in [0, 0.05) is 12.6 Å². The Morgan fingerprint density at radius 2 is 2.22 bits per heavy atom. The third-order valence-electron chi connectivity index (χ3n) is 4.07. The van der Waals surface area contributed by atoms with E-state index in [1.54, 1.807) is 4.68 Å². The van der Waals surface area contributed by atoms with E-state index in [4.69, 9.17) is 5.73 Å². The maximum absolute atomic E-state index is 11.9. The summed E-state index contributed by atoms with van der Waals surface area (Å²) in [5, 5.41) is 10.7. The summed E-state index contributed by atoms with van der Waals surface area (Å²) in [4.78, 5) is 11.9. The second-order valence-corrected chi connectivity index (χ2v) is 5.85. The smallest absolute Gasteiger partial charge is 0.237 e. The minimum absolute atomic E-state index is 0.0112. The standard InChI is InChI=1S/C17H23N5O/c18-16-12-13(21-22(16)14-7-2-1-3-8-14)6-4-11-20-17(23)15-9-5-10-19-15/h1-3,7-8,12,15,19H,4-6,9-11,18H2,(H,20,23). The van der Waals surface area contributed by atoms with Crippen molar-refractivity contribution in [2.45, 2.75) is 31.7 Å². The number of nitrogens with one attached hydrogen (secondary N) is 2. The van der Waals surface area contributed by atoms with Crippen LogP contribution in [0.25, 0.3) is 5.69 Å². The minimum Gasteiger partial charge on any atom is -0.384 e. The Bertz CT molecular complexity index is 646. The lowest BCUT2D eigenvalue weighted by Crippen LogP contribution is -2.40. The number of amides is 1. The normalized spacial score (nSPS) is 17.3. The number of aryl methyl sites for hydroxylation is 1. The molecule has 4 N–H and O–H groups in total. The highest BCUT2D eigenvalue weighted by atomic mass is 16.2. The van der Waals surface area contributed by atoms with Crippen molar-refractivity contribution in [3.63, 3.8) is 0 Å². The number of hydrogen-bond donors (Lipinski definition) is 3. The predicted molar refractivity (Wildman–Crippen MR) is 90.3 cm³/mol. The molecule has 1 aromatic carbocycles. The third-order valence-corrected chi connectivity index (χ3v) is 4.07. The number of rotatable bonds is 6. The SMILES string of the molecule is Nc1cc(CCCNC(=O)C2CCCN2)nn1-c1ccccc1. The number of carbonyl (C=O) groups is 1. The summed E-state index contributed by atoms with van der Waals surface area (Å²) in [6.07, 6.45) is 3.66. The maximum Gasteiger partial charge on any atom is 0.237 e. The van der Waals surface area contributed by atoms with Gasteiger partial charge in [0.05, 0.1) is 17.4 Å². The van der Waals surface area contributed by atoms with Crippen molar-refractivity contribution in [1.29, 1.82) is 0 Å². The molecule has 6 heteroatoms. The average Bonchev–Trinajstić information content (AvgIpc) is 3.22. The van der Waals surface area contributed by atoms with E-state index in [-0.39, 0.29) is 11.9 Å². The molecule has 3 rings (SSSR count). The van der Waals surface area contributed by atoms with E-state index >= 15 is 0 Å². The van der Waals surface area contributed by atoms with Crippen LogP contribution >= 0.6 is 0 Å². The second-order valence-electron chi connectivity index (χ2n) is 5.85. The first kappa shape index (κ1) is 15.6. The van der Waals surface area contributed by atoms with E-state index < -0.39 is 0 Å². The molecular formula is C17H23N5O. The molecule has 0 aliphatic carbocycles. The Hall–Kier alpha value is -2.34. The molecule has 1 aromatic heterocycles. The zero-order chi connectivity index (χ0) is 16.1. The van der Waals surface area contributed by atoms with Gasteiger partial charge >= 0.3 is 0 Å². The third kappa shape index (κ3) is 3.90. The van der Waals surface area contributed by atoms with Crippen molar-refractivity contribution in [3.8, 4) is 5.69 Å². The molecule has 0 saturated carbocycles. The molecule has 0 spiro atoms. The quantitative estimate of drug-likeness (QED) is 0.701. The molecule has 0 radical (unpaired) electrons. The highest BCUT2D eigenvalue weighted by molar-refractivity contribution is 5.81. The number of nitrogens with zero attached hydrogens (tertiary/aromatic N) is 2. The molecule has 2 heterocycles. The van der Waals surface area contributed by atoms with Crippen molar-refractivity contribution < 1.29 is 4.79 Å². The summed E-state index contributed by atoms with van der Waals surface area (Å²) < 4.78 is 1.75. The molecule has 1 unspecified atom stereocenters. The van der Waals surface area contributed by atoms with Gasteiger partial charge in [0.25, 0.3) is 0 Å². The number of nitrogens with two attached hydrogens (primary N) is 1. The van der Waals surface area contributed by atoms with E-state index in [9.17, 15) is 4.79 Å². The Balaban J connectivity index is 1.48. The van der Waals surface area contributed by atoms with Crippen LogP contribution in [0.1, 0.15) is 25.0 Å². The van der Waals surface area contributed by atoms with E-state index in [2.05, 4.69) is 15.7 Å². The first-order chi connectivity index (χ1) is 11.2. The number of benzene rings is 1. The number of aromatic nitrogens is 2. The van der Waals surface area contributed by atoms with Gasteiger partial charge in [0.1, 0.15) is 5.82 Å². The molecule has 1 aliphatic heterocycles. The fourth-order valence-corrected chi connectivity index (χ4v) is 2.86. The zero-order valence-electron chi connectivity index (χ0n) is 13.2. The molecule has 1 saturated heterocycles. The van der Waals surface area contributed by atoms with Crippen LogP contribution in [0.4, 0.5) is 5.82 Å². The molecule has 1 atom stereocenters. The average molecular weight is 313 g/mol. The molecule has 1 aliphatic rings. The van der Waals surface area contributed by atoms with Crippen LogP contribution in [0.5, 0.6) is 0 Å². The van der Waals surface area contributed by atoms with Gasteiger partial charge < -0.3 is 16.4 Å². The number of anilines is 1. The molecule has 23 heavy (non-hydrogen) atoms. The van der Waals surface area contributed by atoms with Gasteiger partial charge in [0.2, 0.25) is 5.91 Å². The van der Waals surface area contributed by atoms with E-state index in [0.29, 0.717) is 12.4 Å². The van der Waals surface area contributed by atoms with E-state index in [1.807, 2.05) is 36.4 Å². The molecule has 2 aromatic rings. The second kappa shape index (κ2) is 7.28.